The van der Waals surface area contributed by atoms with Crippen molar-refractivity contribution in [1.82, 2.24) is 20.2 Å². The molecule has 146 valence electrons. The number of anilines is 2. The molecule has 1 N–H and O–H groups in total. The Kier molecular flexibility index (Phi) is 4.78. The molecule has 0 saturated carbocycles. The van der Waals surface area contributed by atoms with Gasteiger partial charge in [-0.25, -0.2) is 9.97 Å². The number of fused-ring (bicyclic) bond motifs is 1. The molecule has 5 aromatic rings. The normalized spacial score (nSPS) is 10.8. The maximum absolute atomic E-state index is 5.75. The maximum atomic E-state index is 5.75. The third-order valence-corrected chi connectivity index (χ3v) is 5.45. The molecule has 5 rings (SSSR count). The lowest BCUT2D eigenvalue weighted by atomic mass is 10.1. The second kappa shape index (κ2) is 7.88. The highest BCUT2D eigenvalue weighted by Crippen LogP contribution is 2.32. The largest absolute Gasteiger partial charge is 0.439 e. The first-order valence-electron chi connectivity index (χ1n) is 9.40. The minimum Gasteiger partial charge on any atom is -0.439 e. The van der Waals surface area contributed by atoms with Crippen molar-refractivity contribution in [3.63, 3.8) is 0 Å². The molecule has 3 heterocycles. The van der Waals surface area contributed by atoms with Crippen LogP contribution in [-0.4, -0.2) is 20.2 Å². The van der Waals surface area contributed by atoms with Gasteiger partial charge in [-0.15, -0.1) is 21.5 Å². The van der Waals surface area contributed by atoms with Crippen LogP contribution in [0, 0.1) is 6.92 Å². The van der Waals surface area contributed by atoms with Gasteiger partial charge in [-0.3, -0.25) is 0 Å². The van der Waals surface area contributed by atoms with Crippen molar-refractivity contribution in [2.45, 2.75) is 6.92 Å². The van der Waals surface area contributed by atoms with E-state index in [9.17, 15) is 0 Å². The van der Waals surface area contributed by atoms with Gasteiger partial charge in [0.15, 0.2) is 5.82 Å². The number of nitrogens with one attached hydrogen (secondary N) is 1. The fourth-order valence-corrected chi connectivity index (χ4v) is 3.88. The Morgan fingerprint density at radius 3 is 2.40 bits per heavy atom. The molecule has 0 saturated heterocycles. The van der Waals surface area contributed by atoms with Gasteiger partial charge in [0, 0.05) is 39.8 Å². The average molecular weight is 411 g/mol. The monoisotopic (exact) mass is 411 g/mol. The summed E-state index contributed by atoms with van der Waals surface area (Å²) >= 11 is 1.58. The van der Waals surface area contributed by atoms with Gasteiger partial charge in [-0.1, -0.05) is 30.3 Å². The van der Waals surface area contributed by atoms with Crippen molar-refractivity contribution in [2.75, 3.05) is 5.32 Å². The predicted molar refractivity (Wildman–Crippen MR) is 119 cm³/mol. The lowest BCUT2D eigenvalue weighted by Gasteiger charge is -2.11. The summed E-state index contributed by atoms with van der Waals surface area (Å²) in [5.41, 5.74) is 2.67. The third kappa shape index (κ3) is 3.70. The maximum Gasteiger partial charge on any atom is 0.219 e. The van der Waals surface area contributed by atoms with E-state index in [2.05, 4.69) is 25.5 Å². The highest BCUT2D eigenvalue weighted by molar-refractivity contribution is 7.13. The molecule has 0 bridgehead atoms. The van der Waals surface area contributed by atoms with Gasteiger partial charge in [0.2, 0.25) is 5.88 Å². The van der Waals surface area contributed by atoms with Crippen LogP contribution < -0.4 is 10.1 Å². The quantitative estimate of drug-likeness (QED) is 0.383. The zero-order valence-corrected chi connectivity index (χ0v) is 16.9. The van der Waals surface area contributed by atoms with Crippen molar-refractivity contribution in [3.05, 3.63) is 84.0 Å². The minimum atomic E-state index is 0.558. The number of thiazole rings is 1. The summed E-state index contributed by atoms with van der Waals surface area (Å²) in [5, 5.41) is 17.2. The number of benzene rings is 2. The smallest absolute Gasteiger partial charge is 0.219 e. The minimum absolute atomic E-state index is 0.558. The van der Waals surface area contributed by atoms with Crippen LogP contribution >= 0.6 is 11.3 Å². The molecule has 0 aliphatic rings. The Labute approximate surface area is 177 Å². The van der Waals surface area contributed by atoms with Crippen molar-refractivity contribution in [1.29, 1.82) is 0 Å². The average Bonchev–Trinajstić information content (AvgIpc) is 3.22. The van der Waals surface area contributed by atoms with Crippen LogP contribution in [0.15, 0.2) is 78.3 Å². The fraction of sp³-hybridized carbons (Fsp3) is 0.0435. The first-order valence-corrected chi connectivity index (χ1v) is 10.3. The zero-order chi connectivity index (χ0) is 20.3. The molecule has 7 heteroatoms. The first kappa shape index (κ1) is 18.2. The number of rotatable bonds is 5. The summed E-state index contributed by atoms with van der Waals surface area (Å²) in [5.74, 6) is 1.97. The zero-order valence-electron chi connectivity index (χ0n) is 16.1. The number of nitrogens with zero attached hydrogens (tertiary/aromatic N) is 4. The molecule has 0 fully saturated rings. The molecular weight excluding hydrogens is 394 g/mol. The number of aryl methyl sites for hydroxylation is 1. The first-order chi connectivity index (χ1) is 14.8. The SMILES string of the molecule is Cc1csc(-c2nnc(Nc3ccc(Oc4ccccn4)cc3)c3ccccc23)n1. The van der Waals surface area contributed by atoms with Gasteiger partial charge in [0.1, 0.15) is 16.5 Å². The summed E-state index contributed by atoms with van der Waals surface area (Å²) in [6.45, 7) is 1.98. The van der Waals surface area contributed by atoms with Gasteiger partial charge in [-0.2, -0.15) is 0 Å². The van der Waals surface area contributed by atoms with Gasteiger partial charge >= 0.3 is 0 Å². The topological polar surface area (TPSA) is 72.8 Å². The van der Waals surface area contributed by atoms with Gasteiger partial charge in [-0.05, 0) is 37.3 Å². The number of aromatic nitrogens is 4. The summed E-state index contributed by atoms with van der Waals surface area (Å²) < 4.78 is 5.75. The van der Waals surface area contributed by atoms with Crippen molar-refractivity contribution in [3.8, 4) is 22.3 Å². The lowest BCUT2D eigenvalue weighted by Crippen LogP contribution is -1.99. The summed E-state index contributed by atoms with van der Waals surface area (Å²) in [6, 6.07) is 21.3. The van der Waals surface area contributed by atoms with Gasteiger partial charge in [0.25, 0.3) is 0 Å². The molecule has 6 nitrogen and oxygen atoms in total. The van der Waals surface area contributed by atoms with Crippen LogP contribution in [0.4, 0.5) is 11.5 Å². The Hall–Kier alpha value is -3.84. The molecule has 0 aliphatic heterocycles. The second-order valence-electron chi connectivity index (χ2n) is 6.66. The third-order valence-electron chi connectivity index (χ3n) is 4.49. The molecule has 0 unspecified atom stereocenters. The van der Waals surface area contributed by atoms with E-state index in [0.29, 0.717) is 17.4 Å². The molecule has 30 heavy (non-hydrogen) atoms. The van der Waals surface area contributed by atoms with E-state index in [1.165, 1.54) is 0 Å². The molecule has 2 aromatic carbocycles. The molecule has 0 amide bonds. The van der Waals surface area contributed by atoms with Crippen molar-refractivity contribution < 1.29 is 4.74 Å². The van der Waals surface area contributed by atoms with E-state index in [-0.39, 0.29) is 0 Å². The van der Waals surface area contributed by atoms with Crippen molar-refractivity contribution >= 4 is 33.6 Å². The van der Waals surface area contributed by atoms with E-state index in [1.807, 2.05) is 79.0 Å². The summed E-state index contributed by atoms with van der Waals surface area (Å²) in [4.78, 5) is 8.74. The molecule has 0 aliphatic carbocycles. The van der Waals surface area contributed by atoms with E-state index >= 15 is 0 Å². The molecule has 3 aromatic heterocycles. The van der Waals surface area contributed by atoms with Crippen LogP contribution in [0.1, 0.15) is 5.69 Å². The molecule has 0 radical (unpaired) electrons. The van der Waals surface area contributed by atoms with Gasteiger partial charge in [0.05, 0.1) is 0 Å². The van der Waals surface area contributed by atoms with Crippen molar-refractivity contribution in [2.24, 2.45) is 0 Å². The van der Waals surface area contributed by atoms with E-state index in [4.69, 9.17) is 4.74 Å². The van der Waals surface area contributed by atoms with E-state index in [1.54, 1.807) is 17.5 Å². The van der Waals surface area contributed by atoms with Gasteiger partial charge < -0.3 is 10.1 Å². The van der Waals surface area contributed by atoms with Crippen LogP contribution in [0.5, 0.6) is 11.6 Å². The van der Waals surface area contributed by atoms with Crippen LogP contribution in [0.2, 0.25) is 0 Å². The standard InChI is InChI=1S/C23H17N5OS/c1-15-14-30-23(25-15)21-18-6-2-3-7-19(18)22(28-27-21)26-16-9-11-17(12-10-16)29-20-8-4-5-13-24-20/h2-14H,1H3,(H,26,28). The lowest BCUT2D eigenvalue weighted by molar-refractivity contribution is 0.463. The fourth-order valence-electron chi connectivity index (χ4n) is 3.09. The summed E-state index contributed by atoms with van der Waals surface area (Å²) in [7, 11) is 0. The number of pyridine rings is 1. The Morgan fingerprint density at radius 1 is 0.867 bits per heavy atom. The highest BCUT2D eigenvalue weighted by Gasteiger charge is 2.13. The Morgan fingerprint density at radius 2 is 1.67 bits per heavy atom. The Bertz CT molecular complexity index is 1300. The molecular formula is C23H17N5OS. The van der Waals surface area contributed by atoms with E-state index < -0.39 is 0 Å². The summed E-state index contributed by atoms with van der Waals surface area (Å²) in [6.07, 6.45) is 1.70. The number of ether oxygens (including phenoxy) is 1. The van der Waals surface area contributed by atoms with E-state index in [0.717, 1.165) is 32.9 Å². The molecule has 0 spiro atoms. The second-order valence-corrected chi connectivity index (χ2v) is 7.51. The molecule has 0 atom stereocenters. The highest BCUT2D eigenvalue weighted by atomic mass is 32.1. The Balaban J connectivity index is 1.43. The number of hydrogen-bond donors (Lipinski definition) is 1. The van der Waals surface area contributed by atoms with Crippen LogP contribution in [0.3, 0.4) is 0 Å². The predicted octanol–water partition coefficient (Wildman–Crippen LogP) is 5.99. The number of hydrogen-bond acceptors (Lipinski definition) is 7. The van der Waals surface area contributed by atoms with Crippen LogP contribution in [0.25, 0.3) is 21.5 Å². The van der Waals surface area contributed by atoms with Crippen LogP contribution in [-0.2, 0) is 0 Å².